The molecule has 0 aromatic heterocycles. The third-order valence-electron chi connectivity index (χ3n) is 5.51. The summed E-state index contributed by atoms with van der Waals surface area (Å²) in [5.41, 5.74) is 2.06. The fourth-order valence-electron chi connectivity index (χ4n) is 3.64. The molecule has 1 aliphatic heterocycles. The molecule has 1 amide bonds. The van der Waals surface area contributed by atoms with Gasteiger partial charge in [0.2, 0.25) is 5.91 Å². The van der Waals surface area contributed by atoms with Crippen LogP contribution in [0.3, 0.4) is 0 Å². The molecule has 0 spiro atoms. The normalized spacial score (nSPS) is 16.9. The van der Waals surface area contributed by atoms with E-state index in [0.29, 0.717) is 17.7 Å². The zero-order chi connectivity index (χ0) is 19.4. The van der Waals surface area contributed by atoms with E-state index in [-0.39, 0.29) is 29.5 Å². The third kappa shape index (κ3) is 4.72. The average Bonchev–Trinajstić information content (AvgIpc) is 2.68. The first-order valence-corrected chi connectivity index (χ1v) is 9.47. The number of carbonyl (C=O) groups is 1. The van der Waals surface area contributed by atoms with E-state index in [4.69, 9.17) is 0 Å². The molecule has 1 saturated heterocycles. The van der Waals surface area contributed by atoms with E-state index in [0.717, 1.165) is 31.5 Å². The summed E-state index contributed by atoms with van der Waals surface area (Å²) in [5.74, 6) is -0.481. The minimum absolute atomic E-state index is 0.00850. The number of nitrogens with one attached hydrogen (secondary N) is 1. The first kappa shape index (κ1) is 19.5. The molecule has 0 aliphatic carbocycles. The lowest BCUT2D eigenvalue weighted by Gasteiger charge is -2.35. The number of benzene rings is 2. The van der Waals surface area contributed by atoms with Gasteiger partial charge in [-0.15, -0.1) is 0 Å². The van der Waals surface area contributed by atoms with Crippen molar-refractivity contribution in [2.75, 3.05) is 13.1 Å². The SMILES string of the molecule is Cc1ccc(CNC(=O)C2CCN(C(C)c3ccccc3F)CC2)cc1F. The van der Waals surface area contributed by atoms with E-state index in [1.165, 1.54) is 12.1 Å². The van der Waals surface area contributed by atoms with Crippen LogP contribution in [0.25, 0.3) is 0 Å². The second-order valence-electron chi connectivity index (χ2n) is 7.31. The van der Waals surface area contributed by atoms with Crippen molar-refractivity contribution < 1.29 is 13.6 Å². The molecule has 2 aromatic carbocycles. The number of carbonyl (C=O) groups excluding carboxylic acids is 1. The first-order valence-electron chi connectivity index (χ1n) is 9.47. The number of rotatable bonds is 5. The van der Waals surface area contributed by atoms with Gasteiger partial charge in [0.25, 0.3) is 0 Å². The molecule has 5 heteroatoms. The maximum absolute atomic E-state index is 14.0. The van der Waals surface area contributed by atoms with Crippen molar-refractivity contribution in [1.29, 1.82) is 0 Å². The van der Waals surface area contributed by atoms with Gasteiger partial charge in [-0.1, -0.05) is 30.3 Å². The fraction of sp³-hybridized carbons (Fsp3) is 0.409. The molecular weight excluding hydrogens is 346 g/mol. The Hall–Kier alpha value is -2.27. The number of nitrogens with zero attached hydrogens (tertiary/aromatic N) is 1. The van der Waals surface area contributed by atoms with Crippen LogP contribution in [-0.2, 0) is 11.3 Å². The Bertz CT molecular complexity index is 801. The number of amides is 1. The van der Waals surface area contributed by atoms with Crippen LogP contribution >= 0.6 is 0 Å². The van der Waals surface area contributed by atoms with Crippen molar-refractivity contribution in [3.05, 3.63) is 70.8 Å². The van der Waals surface area contributed by atoms with Crippen molar-refractivity contribution in [1.82, 2.24) is 10.2 Å². The molecular formula is C22H26F2N2O. The molecule has 2 aromatic rings. The summed E-state index contributed by atoms with van der Waals surface area (Å²) in [6, 6.07) is 11.9. The molecule has 1 unspecified atom stereocenters. The Labute approximate surface area is 159 Å². The highest BCUT2D eigenvalue weighted by Crippen LogP contribution is 2.28. The second kappa shape index (κ2) is 8.61. The van der Waals surface area contributed by atoms with E-state index in [1.54, 1.807) is 19.1 Å². The van der Waals surface area contributed by atoms with Gasteiger partial charge in [-0.05, 0) is 63.0 Å². The number of piperidine rings is 1. The lowest BCUT2D eigenvalue weighted by Crippen LogP contribution is -2.41. The maximum atomic E-state index is 14.0. The van der Waals surface area contributed by atoms with E-state index in [2.05, 4.69) is 10.2 Å². The molecule has 1 heterocycles. The number of aryl methyl sites for hydroxylation is 1. The number of hydrogen-bond acceptors (Lipinski definition) is 2. The molecule has 1 aliphatic rings. The van der Waals surface area contributed by atoms with Crippen LogP contribution in [0.5, 0.6) is 0 Å². The fourth-order valence-corrected chi connectivity index (χ4v) is 3.64. The highest BCUT2D eigenvalue weighted by Gasteiger charge is 2.28. The monoisotopic (exact) mass is 372 g/mol. The van der Waals surface area contributed by atoms with Crippen LogP contribution in [0.2, 0.25) is 0 Å². The van der Waals surface area contributed by atoms with Crippen LogP contribution < -0.4 is 5.32 Å². The predicted molar refractivity (Wildman–Crippen MR) is 102 cm³/mol. The molecule has 27 heavy (non-hydrogen) atoms. The van der Waals surface area contributed by atoms with Gasteiger partial charge in [-0.3, -0.25) is 9.69 Å². The van der Waals surface area contributed by atoms with Crippen LogP contribution in [0.15, 0.2) is 42.5 Å². The van der Waals surface area contributed by atoms with Gasteiger partial charge in [-0.2, -0.15) is 0 Å². The van der Waals surface area contributed by atoms with Crippen molar-refractivity contribution in [3.63, 3.8) is 0 Å². The van der Waals surface area contributed by atoms with E-state index >= 15 is 0 Å². The van der Waals surface area contributed by atoms with E-state index in [9.17, 15) is 13.6 Å². The molecule has 1 N–H and O–H groups in total. The highest BCUT2D eigenvalue weighted by molar-refractivity contribution is 5.78. The molecule has 0 radical (unpaired) electrons. The third-order valence-corrected chi connectivity index (χ3v) is 5.51. The summed E-state index contributed by atoms with van der Waals surface area (Å²) in [5, 5.41) is 2.92. The van der Waals surface area contributed by atoms with E-state index < -0.39 is 0 Å². The van der Waals surface area contributed by atoms with Gasteiger partial charge in [0.1, 0.15) is 11.6 Å². The lowest BCUT2D eigenvalue weighted by atomic mass is 9.93. The lowest BCUT2D eigenvalue weighted by molar-refractivity contribution is -0.126. The van der Waals surface area contributed by atoms with Gasteiger partial charge in [0.15, 0.2) is 0 Å². The van der Waals surface area contributed by atoms with Crippen molar-refractivity contribution in [2.24, 2.45) is 5.92 Å². The Morgan fingerprint density at radius 3 is 2.52 bits per heavy atom. The molecule has 1 atom stereocenters. The van der Waals surface area contributed by atoms with Crippen LogP contribution in [0.1, 0.15) is 42.5 Å². The van der Waals surface area contributed by atoms with Gasteiger partial charge in [-0.25, -0.2) is 8.78 Å². The molecule has 0 saturated carbocycles. The summed E-state index contributed by atoms with van der Waals surface area (Å²) in [6.45, 7) is 5.57. The summed E-state index contributed by atoms with van der Waals surface area (Å²) >= 11 is 0. The summed E-state index contributed by atoms with van der Waals surface area (Å²) in [4.78, 5) is 14.7. The van der Waals surface area contributed by atoms with Gasteiger partial charge in [0, 0.05) is 24.1 Å². The van der Waals surface area contributed by atoms with Gasteiger partial charge >= 0.3 is 0 Å². The summed E-state index contributed by atoms with van der Waals surface area (Å²) < 4.78 is 27.6. The van der Waals surface area contributed by atoms with Crippen LogP contribution in [0, 0.1) is 24.5 Å². The standard InChI is InChI=1S/C22H26F2N2O/c1-15-7-8-17(13-21(15)24)14-25-22(27)18-9-11-26(12-10-18)16(2)19-5-3-4-6-20(19)23/h3-8,13,16,18H,9-12,14H2,1-2H3,(H,25,27). The highest BCUT2D eigenvalue weighted by atomic mass is 19.1. The number of likely N-dealkylation sites (tertiary alicyclic amines) is 1. The van der Waals surface area contributed by atoms with Crippen molar-refractivity contribution >= 4 is 5.91 Å². The topological polar surface area (TPSA) is 32.3 Å². The minimum atomic E-state index is -0.253. The van der Waals surface area contributed by atoms with Gasteiger partial charge < -0.3 is 5.32 Å². The predicted octanol–water partition coefficient (Wildman–Crippen LogP) is 4.36. The number of halogens is 2. The summed E-state index contributed by atoms with van der Waals surface area (Å²) in [7, 11) is 0. The Morgan fingerprint density at radius 1 is 1.15 bits per heavy atom. The molecule has 3 nitrogen and oxygen atoms in total. The minimum Gasteiger partial charge on any atom is -0.352 e. The van der Waals surface area contributed by atoms with Crippen LogP contribution in [-0.4, -0.2) is 23.9 Å². The quantitative estimate of drug-likeness (QED) is 0.846. The average molecular weight is 372 g/mol. The molecule has 1 fully saturated rings. The Morgan fingerprint density at radius 2 is 1.85 bits per heavy atom. The molecule has 3 rings (SSSR count). The zero-order valence-electron chi connectivity index (χ0n) is 15.8. The first-order chi connectivity index (χ1) is 13.0. The smallest absolute Gasteiger partial charge is 0.223 e. The largest absolute Gasteiger partial charge is 0.352 e. The maximum Gasteiger partial charge on any atom is 0.223 e. The van der Waals surface area contributed by atoms with Gasteiger partial charge in [0.05, 0.1) is 0 Å². The van der Waals surface area contributed by atoms with Crippen LogP contribution in [0.4, 0.5) is 8.78 Å². The Balaban J connectivity index is 1.50. The van der Waals surface area contributed by atoms with Crippen molar-refractivity contribution in [3.8, 4) is 0 Å². The Kier molecular flexibility index (Phi) is 6.22. The second-order valence-corrected chi connectivity index (χ2v) is 7.31. The summed E-state index contributed by atoms with van der Waals surface area (Å²) in [6.07, 6.45) is 1.49. The van der Waals surface area contributed by atoms with Crippen molar-refractivity contribution in [2.45, 2.75) is 39.3 Å². The van der Waals surface area contributed by atoms with E-state index in [1.807, 2.05) is 25.1 Å². The molecule has 144 valence electrons. The zero-order valence-corrected chi connectivity index (χ0v) is 15.8. The number of hydrogen-bond donors (Lipinski definition) is 1. The molecule has 0 bridgehead atoms.